The summed E-state index contributed by atoms with van der Waals surface area (Å²) in [5.41, 5.74) is 7.34. The Kier molecular flexibility index (Phi) is 3.74. The Balaban J connectivity index is 1.80. The Morgan fingerprint density at radius 1 is 1.41 bits per heavy atom. The van der Waals surface area contributed by atoms with Crippen LogP contribution in [0.3, 0.4) is 0 Å². The zero-order chi connectivity index (χ0) is 19.6. The fraction of sp³-hybridized carbons (Fsp3) is 0.412. The van der Waals surface area contributed by atoms with Gasteiger partial charge in [0.25, 0.3) is 0 Å². The Bertz CT molecular complexity index is 1050. The van der Waals surface area contributed by atoms with Gasteiger partial charge in [0.2, 0.25) is 0 Å². The number of nitrogens with one attached hydrogen (secondary N) is 2. The molecule has 1 unspecified atom stereocenters. The number of nitrogens with zero attached hydrogens (tertiary/aromatic N) is 3. The van der Waals surface area contributed by atoms with E-state index < -0.39 is 24.0 Å². The number of alkyl halides is 3. The topological polar surface area (TPSA) is 86.2 Å². The summed E-state index contributed by atoms with van der Waals surface area (Å²) < 4.78 is 53.6. The number of amidine groups is 1. The second-order valence-corrected chi connectivity index (χ2v) is 7.33. The van der Waals surface area contributed by atoms with E-state index in [2.05, 4.69) is 10.1 Å². The lowest BCUT2D eigenvalue weighted by molar-refractivity contribution is -0.143. The third-order valence-electron chi connectivity index (χ3n) is 5.19. The van der Waals surface area contributed by atoms with Crippen molar-refractivity contribution in [3.8, 4) is 0 Å². The molecule has 0 aliphatic carbocycles. The standard InChI is InChI=1S/C17H18F4N6/c1-16(2-3-26(7-16)8-17(19,20)21)11-6-24-27-13-10(14(22)23)4-9(18)5-12(13)25-15(11)27/h4-6,24H,2-3,7-8H2,1H3,(H3,22,23). The number of nitrogen functional groups attached to an aromatic ring is 1. The molecule has 4 N–H and O–H groups in total. The van der Waals surface area contributed by atoms with Crippen LogP contribution in [0.4, 0.5) is 17.6 Å². The number of hydrogen-bond acceptors (Lipinski definition) is 3. The zero-order valence-corrected chi connectivity index (χ0v) is 14.5. The van der Waals surface area contributed by atoms with Crippen molar-refractivity contribution in [1.29, 1.82) is 5.41 Å². The minimum atomic E-state index is -4.24. The van der Waals surface area contributed by atoms with Gasteiger partial charge in [-0.25, -0.2) is 13.9 Å². The van der Waals surface area contributed by atoms with Crippen molar-refractivity contribution in [2.75, 3.05) is 19.6 Å². The summed E-state index contributed by atoms with van der Waals surface area (Å²) in [6, 6.07) is 2.42. The summed E-state index contributed by atoms with van der Waals surface area (Å²) >= 11 is 0. The van der Waals surface area contributed by atoms with Gasteiger partial charge in [0.15, 0.2) is 5.65 Å². The molecule has 1 atom stereocenters. The van der Waals surface area contributed by atoms with Crippen LogP contribution < -0.4 is 5.73 Å². The average molecular weight is 382 g/mol. The number of nitrogens with two attached hydrogens (primary N) is 1. The number of likely N-dealkylation sites (tertiary alicyclic amines) is 1. The van der Waals surface area contributed by atoms with Gasteiger partial charge in [-0.2, -0.15) is 13.2 Å². The van der Waals surface area contributed by atoms with E-state index in [1.165, 1.54) is 17.0 Å². The lowest BCUT2D eigenvalue weighted by atomic mass is 9.83. The molecule has 6 nitrogen and oxygen atoms in total. The molecule has 0 amide bonds. The van der Waals surface area contributed by atoms with Gasteiger partial charge in [0.05, 0.1) is 12.1 Å². The van der Waals surface area contributed by atoms with E-state index in [9.17, 15) is 17.6 Å². The smallest absolute Gasteiger partial charge is 0.384 e. The molecule has 1 saturated heterocycles. The average Bonchev–Trinajstić information content (AvgIpc) is 3.18. The molecule has 3 heterocycles. The number of benzene rings is 1. The highest BCUT2D eigenvalue weighted by molar-refractivity contribution is 6.06. The van der Waals surface area contributed by atoms with E-state index in [1.54, 1.807) is 10.7 Å². The normalized spacial score (nSPS) is 21.5. The van der Waals surface area contributed by atoms with Gasteiger partial charge in [-0.3, -0.25) is 15.4 Å². The van der Waals surface area contributed by atoms with Gasteiger partial charge in [0.1, 0.15) is 17.2 Å². The van der Waals surface area contributed by atoms with Crippen molar-refractivity contribution in [2.24, 2.45) is 5.73 Å². The van der Waals surface area contributed by atoms with Gasteiger partial charge in [-0.1, -0.05) is 6.92 Å². The maximum Gasteiger partial charge on any atom is 0.401 e. The van der Waals surface area contributed by atoms with Crippen molar-refractivity contribution in [1.82, 2.24) is 19.5 Å². The molecule has 10 heteroatoms. The molecule has 0 radical (unpaired) electrons. The monoisotopic (exact) mass is 382 g/mol. The first kappa shape index (κ1) is 17.8. The maximum absolute atomic E-state index is 13.9. The minimum Gasteiger partial charge on any atom is -0.384 e. The first-order valence-electron chi connectivity index (χ1n) is 8.40. The van der Waals surface area contributed by atoms with Gasteiger partial charge >= 0.3 is 6.18 Å². The molecular formula is C17H18F4N6. The molecule has 0 bridgehead atoms. The van der Waals surface area contributed by atoms with Crippen LogP contribution in [0.25, 0.3) is 16.7 Å². The highest BCUT2D eigenvalue weighted by Gasteiger charge is 2.42. The number of hydrogen-bond donors (Lipinski definition) is 3. The van der Waals surface area contributed by atoms with Gasteiger partial charge in [-0.15, -0.1) is 0 Å². The molecule has 144 valence electrons. The number of imidazole rings is 1. The first-order valence-corrected chi connectivity index (χ1v) is 8.40. The van der Waals surface area contributed by atoms with Crippen molar-refractivity contribution in [3.05, 3.63) is 35.3 Å². The van der Waals surface area contributed by atoms with Crippen LogP contribution in [0.1, 0.15) is 24.5 Å². The lowest BCUT2D eigenvalue weighted by Crippen LogP contribution is -2.35. The van der Waals surface area contributed by atoms with E-state index in [0.717, 1.165) is 5.56 Å². The van der Waals surface area contributed by atoms with E-state index in [1.807, 2.05) is 6.92 Å². The first-order chi connectivity index (χ1) is 12.6. The molecule has 0 spiro atoms. The highest BCUT2D eigenvalue weighted by Crippen LogP contribution is 2.38. The lowest BCUT2D eigenvalue weighted by Gasteiger charge is -2.24. The third-order valence-corrected chi connectivity index (χ3v) is 5.19. The molecule has 27 heavy (non-hydrogen) atoms. The van der Waals surface area contributed by atoms with E-state index >= 15 is 0 Å². The van der Waals surface area contributed by atoms with Crippen molar-refractivity contribution >= 4 is 22.5 Å². The summed E-state index contributed by atoms with van der Waals surface area (Å²) in [5.74, 6) is -0.848. The molecule has 1 aliphatic heterocycles. The zero-order valence-electron chi connectivity index (χ0n) is 14.5. The minimum absolute atomic E-state index is 0.209. The quantitative estimate of drug-likeness (QED) is 0.370. The van der Waals surface area contributed by atoms with Crippen LogP contribution in [0, 0.1) is 11.2 Å². The number of fused-ring (bicyclic) bond motifs is 3. The Labute approximate surface area is 151 Å². The number of H-pyrrole nitrogens is 1. The van der Waals surface area contributed by atoms with Gasteiger partial charge in [-0.05, 0) is 19.0 Å². The summed E-state index contributed by atoms with van der Waals surface area (Å²) in [6.07, 6.45) is -1.98. The summed E-state index contributed by atoms with van der Waals surface area (Å²) in [7, 11) is 0. The van der Waals surface area contributed by atoms with Crippen LogP contribution in [-0.4, -0.2) is 51.1 Å². The van der Waals surface area contributed by atoms with Crippen molar-refractivity contribution in [2.45, 2.75) is 24.9 Å². The van der Waals surface area contributed by atoms with Crippen LogP contribution >= 0.6 is 0 Å². The van der Waals surface area contributed by atoms with Gasteiger partial charge in [0, 0.05) is 35.3 Å². The van der Waals surface area contributed by atoms with Crippen LogP contribution in [-0.2, 0) is 5.41 Å². The molecule has 0 saturated carbocycles. The molecule has 1 aliphatic rings. The van der Waals surface area contributed by atoms with E-state index in [0.29, 0.717) is 29.6 Å². The predicted octanol–water partition coefficient (Wildman–Crippen LogP) is 2.76. The molecule has 2 aromatic heterocycles. The second-order valence-electron chi connectivity index (χ2n) is 7.33. The predicted molar refractivity (Wildman–Crippen MR) is 92.5 cm³/mol. The third kappa shape index (κ3) is 2.93. The van der Waals surface area contributed by atoms with Crippen LogP contribution in [0.15, 0.2) is 18.3 Å². The van der Waals surface area contributed by atoms with Crippen LogP contribution in [0.2, 0.25) is 0 Å². The van der Waals surface area contributed by atoms with Crippen molar-refractivity contribution in [3.63, 3.8) is 0 Å². The SMILES string of the molecule is CC1(c2c[nH]n3c2nc2cc(F)cc(C(=N)N)c23)CCN(CC(F)(F)F)C1. The van der Waals surface area contributed by atoms with E-state index in [-0.39, 0.29) is 17.9 Å². The largest absolute Gasteiger partial charge is 0.401 e. The second kappa shape index (κ2) is 5.69. The van der Waals surface area contributed by atoms with E-state index in [4.69, 9.17) is 11.1 Å². The van der Waals surface area contributed by atoms with Crippen LogP contribution in [0.5, 0.6) is 0 Å². The Morgan fingerprint density at radius 3 is 2.81 bits per heavy atom. The number of rotatable bonds is 3. The number of aromatic amines is 1. The Hall–Kier alpha value is -2.62. The molecule has 4 rings (SSSR count). The fourth-order valence-corrected chi connectivity index (χ4v) is 3.99. The highest BCUT2D eigenvalue weighted by atomic mass is 19.4. The molecule has 3 aromatic rings. The summed E-state index contributed by atoms with van der Waals surface area (Å²) in [5, 5.41) is 10.7. The summed E-state index contributed by atoms with van der Waals surface area (Å²) in [4.78, 5) is 5.85. The molecular weight excluding hydrogens is 364 g/mol. The van der Waals surface area contributed by atoms with Crippen molar-refractivity contribution < 1.29 is 17.6 Å². The van der Waals surface area contributed by atoms with Gasteiger partial charge < -0.3 is 5.73 Å². The maximum atomic E-state index is 13.9. The number of aromatic nitrogens is 3. The number of halogens is 4. The molecule has 1 aromatic carbocycles. The molecule has 1 fully saturated rings. The summed E-state index contributed by atoms with van der Waals surface area (Å²) in [6.45, 7) is 1.54. The fourth-order valence-electron chi connectivity index (χ4n) is 3.99. The Morgan fingerprint density at radius 2 is 2.15 bits per heavy atom.